The van der Waals surface area contributed by atoms with Crippen molar-refractivity contribution < 1.29 is 8.42 Å². The molecule has 15 heavy (non-hydrogen) atoms. The third kappa shape index (κ3) is 4.96. The molecule has 0 fully saturated rings. The molecule has 1 rings (SSSR count). The van der Waals surface area contributed by atoms with E-state index in [1.807, 2.05) is 0 Å². The summed E-state index contributed by atoms with van der Waals surface area (Å²) in [5.41, 5.74) is 0.737. The van der Waals surface area contributed by atoms with Crippen molar-refractivity contribution >= 4 is 27.3 Å². The quantitative estimate of drug-likeness (QED) is 0.757. The smallest absolute Gasteiger partial charge is 0.209 e. The van der Waals surface area contributed by atoms with Gasteiger partial charge in [0, 0.05) is 18.9 Å². The van der Waals surface area contributed by atoms with Crippen LogP contribution >= 0.6 is 11.6 Å². The van der Waals surface area contributed by atoms with Gasteiger partial charge in [0.1, 0.15) is 0 Å². The van der Waals surface area contributed by atoms with Crippen molar-refractivity contribution in [2.75, 3.05) is 17.6 Å². The van der Waals surface area contributed by atoms with E-state index in [4.69, 9.17) is 16.7 Å². The van der Waals surface area contributed by atoms with Crippen molar-refractivity contribution in [1.82, 2.24) is 4.98 Å². The molecule has 3 N–H and O–H groups in total. The zero-order valence-electron chi connectivity index (χ0n) is 7.98. The first-order valence-electron chi connectivity index (χ1n) is 4.33. The van der Waals surface area contributed by atoms with E-state index in [-0.39, 0.29) is 5.75 Å². The van der Waals surface area contributed by atoms with E-state index in [1.165, 1.54) is 6.20 Å². The number of nitrogens with two attached hydrogens (primary N) is 1. The number of rotatable bonds is 5. The molecule has 0 aliphatic rings. The van der Waals surface area contributed by atoms with Gasteiger partial charge in [0.2, 0.25) is 10.0 Å². The highest BCUT2D eigenvalue weighted by Gasteiger charge is 2.02. The lowest BCUT2D eigenvalue weighted by molar-refractivity contribution is 0.596. The number of primary sulfonamides is 1. The van der Waals surface area contributed by atoms with Crippen LogP contribution in [0.25, 0.3) is 0 Å². The van der Waals surface area contributed by atoms with Gasteiger partial charge in [-0.1, -0.05) is 11.6 Å². The fourth-order valence-corrected chi connectivity index (χ4v) is 1.75. The first-order valence-corrected chi connectivity index (χ1v) is 6.42. The lowest BCUT2D eigenvalue weighted by Crippen LogP contribution is -2.18. The van der Waals surface area contributed by atoms with E-state index in [2.05, 4.69) is 10.3 Å². The number of nitrogens with zero attached hydrogens (tertiary/aromatic N) is 1. The third-order valence-electron chi connectivity index (χ3n) is 1.69. The maximum Gasteiger partial charge on any atom is 0.209 e. The minimum Gasteiger partial charge on any atom is -0.384 e. The highest BCUT2D eigenvalue weighted by Crippen LogP contribution is 2.18. The van der Waals surface area contributed by atoms with E-state index in [0.29, 0.717) is 18.0 Å². The van der Waals surface area contributed by atoms with Gasteiger partial charge in [0.05, 0.1) is 16.5 Å². The molecular weight excluding hydrogens is 238 g/mol. The van der Waals surface area contributed by atoms with Gasteiger partial charge in [-0.2, -0.15) is 0 Å². The molecule has 1 aromatic heterocycles. The fraction of sp³-hybridized carbons (Fsp3) is 0.375. The molecule has 0 aromatic carbocycles. The second-order valence-electron chi connectivity index (χ2n) is 3.00. The van der Waals surface area contributed by atoms with Crippen molar-refractivity contribution in [3.05, 3.63) is 23.5 Å². The summed E-state index contributed by atoms with van der Waals surface area (Å²) in [4.78, 5) is 3.82. The molecule has 0 spiro atoms. The molecular formula is C8H12ClN3O2S. The van der Waals surface area contributed by atoms with Gasteiger partial charge in [-0.05, 0) is 12.5 Å². The SMILES string of the molecule is NS(=O)(=O)CCCNc1ccncc1Cl. The molecule has 1 aromatic rings. The van der Waals surface area contributed by atoms with Crippen molar-refractivity contribution in [2.45, 2.75) is 6.42 Å². The number of anilines is 1. The minimum absolute atomic E-state index is 0.0390. The van der Waals surface area contributed by atoms with Gasteiger partial charge >= 0.3 is 0 Å². The van der Waals surface area contributed by atoms with E-state index in [9.17, 15) is 8.42 Å². The molecule has 0 saturated heterocycles. The number of hydrogen-bond acceptors (Lipinski definition) is 4. The van der Waals surface area contributed by atoms with Crippen LogP contribution in [-0.2, 0) is 10.0 Å². The predicted molar refractivity (Wildman–Crippen MR) is 60.3 cm³/mol. The van der Waals surface area contributed by atoms with Gasteiger partial charge in [-0.25, -0.2) is 13.6 Å². The molecule has 5 nitrogen and oxygen atoms in total. The summed E-state index contributed by atoms with van der Waals surface area (Å²) in [5, 5.41) is 8.35. The normalized spacial score (nSPS) is 11.3. The summed E-state index contributed by atoms with van der Waals surface area (Å²) < 4.78 is 21.2. The molecule has 1 heterocycles. The van der Waals surface area contributed by atoms with Crippen molar-refractivity contribution in [3.8, 4) is 0 Å². The molecule has 0 unspecified atom stereocenters. The zero-order valence-corrected chi connectivity index (χ0v) is 9.55. The van der Waals surface area contributed by atoms with Crippen LogP contribution in [0.4, 0.5) is 5.69 Å². The van der Waals surface area contributed by atoms with Gasteiger partial charge in [-0.3, -0.25) is 4.98 Å². The molecule has 0 amide bonds. The average molecular weight is 250 g/mol. The molecule has 7 heteroatoms. The van der Waals surface area contributed by atoms with E-state index in [1.54, 1.807) is 12.3 Å². The summed E-state index contributed by atoms with van der Waals surface area (Å²) in [6.45, 7) is 0.500. The largest absolute Gasteiger partial charge is 0.384 e. The Balaban J connectivity index is 2.36. The first-order chi connectivity index (χ1) is 6.99. The lowest BCUT2D eigenvalue weighted by atomic mass is 10.4. The molecule has 0 radical (unpaired) electrons. The van der Waals surface area contributed by atoms with Gasteiger partial charge in [0.15, 0.2) is 0 Å². The van der Waals surface area contributed by atoms with Crippen molar-refractivity contribution in [2.24, 2.45) is 5.14 Å². The molecule has 84 valence electrons. The first kappa shape index (κ1) is 12.2. The summed E-state index contributed by atoms with van der Waals surface area (Å²) in [6, 6.07) is 1.72. The van der Waals surface area contributed by atoms with Gasteiger partial charge in [0.25, 0.3) is 0 Å². The topological polar surface area (TPSA) is 85.1 Å². The molecule has 0 aliphatic carbocycles. The predicted octanol–water partition coefficient (Wildman–Crippen LogP) is 0.825. The number of nitrogens with one attached hydrogen (secondary N) is 1. The highest BCUT2D eigenvalue weighted by molar-refractivity contribution is 7.89. The van der Waals surface area contributed by atoms with Gasteiger partial charge < -0.3 is 5.32 Å². The summed E-state index contributed by atoms with van der Waals surface area (Å²) in [7, 11) is -3.37. The number of aromatic nitrogens is 1. The van der Waals surface area contributed by atoms with Crippen LogP contribution in [0.2, 0.25) is 5.02 Å². The fourth-order valence-electron chi connectivity index (χ4n) is 1.01. The summed E-state index contributed by atoms with van der Waals surface area (Å²) in [5.74, 6) is -0.0390. The van der Waals surface area contributed by atoms with Crippen LogP contribution in [0.15, 0.2) is 18.5 Å². The lowest BCUT2D eigenvalue weighted by Gasteiger charge is -2.06. The number of pyridine rings is 1. The minimum atomic E-state index is -3.37. The molecule has 0 atom stereocenters. The van der Waals surface area contributed by atoms with Crippen LogP contribution < -0.4 is 10.5 Å². The highest BCUT2D eigenvalue weighted by atomic mass is 35.5. The maximum atomic E-state index is 10.6. The Bertz CT molecular complexity index is 422. The Hall–Kier alpha value is -0.850. The van der Waals surface area contributed by atoms with E-state index >= 15 is 0 Å². The molecule has 0 saturated carbocycles. The number of hydrogen-bond donors (Lipinski definition) is 2. The Labute approximate surface area is 93.7 Å². The van der Waals surface area contributed by atoms with Crippen molar-refractivity contribution in [3.63, 3.8) is 0 Å². The number of sulfonamides is 1. The maximum absolute atomic E-state index is 10.6. The monoisotopic (exact) mass is 249 g/mol. The van der Waals surface area contributed by atoms with E-state index < -0.39 is 10.0 Å². The second kappa shape index (κ2) is 5.29. The Morgan fingerprint density at radius 1 is 1.53 bits per heavy atom. The van der Waals surface area contributed by atoms with Crippen LogP contribution in [0.1, 0.15) is 6.42 Å². The van der Waals surface area contributed by atoms with E-state index in [0.717, 1.165) is 5.69 Å². The van der Waals surface area contributed by atoms with Gasteiger partial charge in [-0.15, -0.1) is 0 Å². The average Bonchev–Trinajstić information content (AvgIpc) is 2.13. The standard InChI is InChI=1S/C8H12ClN3O2S/c9-7-6-11-4-2-8(7)12-3-1-5-15(10,13)14/h2,4,6H,1,3,5H2,(H,11,12)(H2,10,13,14). The van der Waals surface area contributed by atoms with Crippen LogP contribution in [0.3, 0.4) is 0 Å². The number of halogens is 1. The Morgan fingerprint density at radius 3 is 2.87 bits per heavy atom. The van der Waals surface area contributed by atoms with Crippen LogP contribution in [-0.4, -0.2) is 25.7 Å². The summed E-state index contributed by atoms with van der Waals surface area (Å²) in [6.07, 6.45) is 3.56. The molecule has 0 bridgehead atoms. The molecule has 0 aliphatic heterocycles. The Kier molecular flexibility index (Phi) is 4.31. The second-order valence-corrected chi connectivity index (χ2v) is 5.14. The zero-order chi connectivity index (χ0) is 11.3. The Morgan fingerprint density at radius 2 is 2.27 bits per heavy atom. The summed E-state index contributed by atoms with van der Waals surface area (Å²) >= 11 is 5.83. The van der Waals surface area contributed by atoms with Crippen LogP contribution in [0.5, 0.6) is 0 Å². The van der Waals surface area contributed by atoms with Crippen molar-refractivity contribution in [1.29, 1.82) is 0 Å². The van der Waals surface area contributed by atoms with Crippen LogP contribution in [0, 0.1) is 0 Å². The third-order valence-corrected chi connectivity index (χ3v) is 2.85.